The highest BCUT2D eigenvalue weighted by Gasteiger charge is 2.22. The number of likely N-dealkylation sites (tertiary alicyclic amines) is 1. The third-order valence-corrected chi connectivity index (χ3v) is 3.32. The Morgan fingerprint density at radius 2 is 2.06 bits per heavy atom. The average Bonchev–Trinajstić information content (AvgIpc) is 2.86. The van der Waals surface area contributed by atoms with Crippen molar-refractivity contribution in [2.24, 2.45) is 0 Å². The molecule has 0 bridgehead atoms. The van der Waals surface area contributed by atoms with Gasteiger partial charge in [0.05, 0.1) is 6.04 Å². The molecule has 1 amide bonds. The summed E-state index contributed by atoms with van der Waals surface area (Å²) in [5.41, 5.74) is 0. The van der Waals surface area contributed by atoms with Gasteiger partial charge in [0, 0.05) is 13.1 Å². The highest BCUT2D eigenvalue weighted by molar-refractivity contribution is 5.81. The highest BCUT2D eigenvalue weighted by atomic mass is 16.2. The summed E-state index contributed by atoms with van der Waals surface area (Å²) in [4.78, 5) is 13.9. The number of hydrogen-bond donors (Lipinski definition) is 1. The first kappa shape index (κ1) is 14.2. The maximum Gasteiger partial charge on any atom is 0.239 e. The molecule has 1 atom stereocenters. The Bertz CT molecular complexity index is 234. The molecular weight excluding hydrogens is 212 g/mol. The van der Waals surface area contributed by atoms with Gasteiger partial charge in [-0.1, -0.05) is 12.5 Å². The van der Waals surface area contributed by atoms with Gasteiger partial charge in [-0.2, -0.15) is 0 Å². The summed E-state index contributed by atoms with van der Waals surface area (Å²) in [7, 11) is 0. The van der Waals surface area contributed by atoms with E-state index in [1.807, 2.05) is 17.9 Å². The average molecular weight is 238 g/mol. The monoisotopic (exact) mass is 238 g/mol. The van der Waals surface area contributed by atoms with Crippen molar-refractivity contribution < 1.29 is 4.79 Å². The quantitative estimate of drug-likeness (QED) is 0.520. The summed E-state index contributed by atoms with van der Waals surface area (Å²) in [6.45, 7) is 8.52. The van der Waals surface area contributed by atoms with Crippen LogP contribution in [0.25, 0.3) is 0 Å². The number of rotatable bonds is 8. The summed E-state index contributed by atoms with van der Waals surface area (Å²) in [5.74, 6) is 0.272. The zero-order valence-corrected chi connectivity index (χ0v) is 11.1. The number of nitrogens with one attached hydrogen (secondary N) is 1. The van der Waals surface area contributed by atoms with Crippen LogP contribution < -0.4 is 5.32 Å². The maximum atomic E-state index is 12.0. The molecule has 98 valence electrons. The van der Waals surface area contributed by atoms with Gasteiger partial charge in [-0.15, -0.1) is 6.58 Å². The van der Waals surface area contributed by atoms with E-state index in [9.17, 15) is 4.79 Å². The fourth-order valence-corrected chi connectivity index (χ4v) is 2.21. The van der Waals surface area contributed by atoms with E-state index in [4.69, 9.17) is 0 Å². The zero-order chi connectivity index (χ0) is 12.5. The molecule has 0 aromatic carbocycles. The normalized spacial score (nSPS) is 17.1. The summed E-state index contributed by atoms with van der Waals surface area (Å²) >= 11 is 0. The van der Waals surface area contributed by atoms with Gasteiger partial charge in [0.1, 0.15) is 0 Å². The van der Waals surface area contributed by atoms with Gasteiger partial charge in [-0.3, -0.25) is 4.79 Å². The van der Waals surface area contributed by atoms with Crippen molar-refractivity contribution in [1.29, 1.82) is 0 Å². The lowest BCUT2D eigenvalue weighted by Gasteiger charge is -2.21. The van der Waals surface area contributed by atoms with Crippen LogP contribution in [0.3, 0.4) is 0 Å². The minimum Gasteiger partial charge on any atom is -0.341 e. The van der Waals surface area contributed by atoms with Crippen LogP contribution in [0.5, 0.6) is 0 Å². The smallest absolute Gasteiger partial charge is 0.239 e. The molecular formula is C14H26N2O. The molecule has 1 saturated heterocycles. The standard InChI is InChI=1S/C14H26N2O/c1-3-4-5-6-7-10-15-13(2)14(17)16-11-8-9-12-16/h3,13,15H,1,4-12H2,2H3. The molecule has 1 aliphatic heterocycles. The third-order valence-electron chi connectivity index (χ3n) is 3.32. The first-order chi connectivity index (χ1) is 8.25. The fourth-order valence-electron chi connectivity index (χ4n) is 2.21. The predicted molar refractivity (Wildman–Crippen MR) is 71.9 cm³/mol. The van der Waals surface area contributed by atoms with Gasteiger partial charge < -0.3 is 10.2 Å². The topological polar surface area (TPSA) is 32.3 Å². The predicted octanol–water partition coefficient (Wildman–Crippen LogP) is 2.33. The number of carbonyl (C=O) groups excluding carboxylic acids is 1. The van der Waals surface area contributed by atoms with Gasteiger partial charge in [0.25, 0.3) is 0 Å². The summed E-state index contributed by atoms with van der Waals surface area (Å²) in [6, 6.07) is -0.0208. The maximum absolute atomic E-state index is 12.0. The Morgan fingerprint density at radius 1 is 1.35 bits per heavy atom. The molecule has 17 heavy (non-hydrogen) atoms. The Labute approximate surface area is 105 Å². The van der Waals surface area contributed by atoms with Gasteiger partial charge in [0.2, 0.25) is 5.91 Å². The fraction of sp³-hybridized carbons (Fsp3) is 0.786. The van der Waals surface area contributed by atoms with E-state index in [2.05, 4.69) is 11.9 Å². The Balaban J connectivity index is 2.05. The lowest BCUT2D eigenvalue weighted by atomic mass is 10.2. The molecule has 1 N–H and O–H groups in total. The highest BCUT2D eigenvalue weighted by Crippen LogP contribution is 2.09. The molecule has 3 nitrogen and oxygen atoms in total. The Hall–Kier alpha value is -0.830. The van der Waals surface area contributed by atoms with E-state index in [-0.39, 0.29) is 11.9 Å². The van der Waals surface area contributed by atoms with E-state index in [0.29, 0.717) is 0 Å². The van der Waals surface area contributed by atoms with Crippen molar-refractivity contribution >= 4 is 5.91 Å². The van der Waals surface area contributed by atoms with Crippen LogP contribution >= 0.6 is 0 Å². The van der Waals surface area contributed by atoms with Crippen LogP contribution in [-0.2, 0) is 4.79 Å². The van der Waals surface area contributed by atoms with E-state index in [1.54, 1.807) is 0 Å². The molecule has 1 fully saturated rings. The minimum atomic E-state index is -0.0208. The largest absolute Gasteiger partial charge is 0.341 e. The zero-order valence-electron chi connectivity index (χ0n) is 11.1. The first-order valence-electron chi connectivity index (χ1n) is 6.88. The number of unbranched alkanes of at least 4 members (excludes halogenated alkanes) is 3. The van der Waals surface area contributed by atoms with Crippen LogP contribution in [0.2, 0.25) is 0 Å². The molecule has 0 aliphatic carbocycles. The number of carbonyl (C=O) groups is 1. The summed E-state index contributed by atoms with van der Waals surface area (Å²) in [6.07, 6.45) is 8.96. The number of allylic oxidation sites excluding steroid dienone is 1. The summed E-state index contributed by atoms with van der Waals surface area (Å²) in [5, 5.41) is 3.32. The lowest BCUT2D eigenvalue weighted by molar-refractivity contribution is -0.131. The Kier molecular flexibility index (Phi) is 6.94. The molecule has 0 saturated carbocycles. The molecule has 0 aromatic rings. The van der Waals surface area contributed by atoms with E-state index >= 15 is 0 Å². The SMILES string of the molecule is C=CCCCCCNC(C)C(=O)N1CCCC1. The van der Waals surface area contributed by atoms with Crippen molar-refractivity contribution in [3.63, 3.8) is 0 Å². The van der Waals surface area contributed by atoms with Gasteiger partial charge >= 0.3 is 0 Å². The van der Waals surface area contributed by atoms with E-state index in [0.717, 1.165) is 32.5 Å². The van der Waals surface area contributed by atoms with Crippen molar-refractivity contribution in [2.75, 3.05) is 19.6 Å². The molecule has 0 spiro atoms. The molecule has 1 aliphatic rings. The van der Waals surface area contributed by atoms with Gasteiger partial charge in [-0.05, 0) is 45.6 Å². The van der Waals surface area contributed by atoms with Gasteiger partial charge in [-0.25, -0.2) is 0 Å². The molecule has 3 heteroatoms. The van der Waals surface area contributed by atoms with Crippen LogP contribution in [0.15, 0.2) is 12.7 Å². The van der Waals surface area contributed by atoms with E-state index < -0.39 is 0 Å². The molecule has 1 rings (SSSR count). The van der Waals surface area contributed by atoms with Crippen molar-refractivity contribution in [2.45, 2.75) is 51.5 Å². The van der Waals surface area contributed by atoms with Crippen molar-refractivity contribution in [1.82, 2.24) is 10.2 Å². The molecule has 0 aromatic heterocycles. The first-order valence-corrected chi connectivity index (χ1v) is 6.88. The van der Waals surface area contributed by atoms with Crippen molar-refractivity contribution in [3.8, 4) is 0 Å². The summed E-state index contributed by atoms with van der Waals surface area (Å²) < 4.78 is 0. The lowest BCUT2D eigenvalue weighted by Crippen LogP contribution is -2.43. The second-order valence-electron chi connectivity index (χ2n) is 4.85. The molecule has 1 unspecified atom stereocenters. The molecule has 1 heterocycles. The van der Waals surface area contributed by atoms with Crippen LogP contribution in [0.4, 0.5) is 0 Å². The van der Waals surface area contributed by atoms with Crippen LogP contribution in [0, 0.1) is 0 Å². The van der Waals surface area contributed by atoms with E-state index in [1.165, 1.54) is 25.7 Å². The van der Waals surface area contributed by atoms with Gasteiger partial charge in [0.15, 0.2) is 0 Å². The Morgan fingerprint density at radius 3 is 2.71 bits per heavy atom. The number of hydrogen-bond acceptors (Lipinski definition) is 2. The molecule has 0 radical (unpaired) electrons. The minimum absolute atomic E-state index is 0.0208. The third kappa shape index (κ3) is 5.35. The second kappa shape index (κ2) is 8.29. The van der Waals surface area contributed by atoms with Crippen molar-refractivity contribution in [3.05, 3.63) is 12.7 Å². The van der Waals surface area contributed by atoms with Crippen LogP contribution in [0.1, 0.15) is 45.4 Å². The van der Waals surface area contributed by atoms with Crippen LogP contribution in [-0.4, -0.2) is 36.5 Å². The number of amides is 1. The second-order valence-corrected chi connectivity index (χ2v) is 4.85. The number of nitrogens with zero attached hydrogens (tertiary/aromatic N) is 1.